The Hall–Kier alpha value is -3.37. The molecule has 2 aromatic carbocycles. The molecule has 32 heavy (non-hydrogen) atoms. The van der Waals surface area contributed by atoms with Gasteiger partial charge in [0.15, 0.2) is 5.82 Å². The lowest BCUT2D eigenvalue weighted by Crippen LogP contribution is -2.36. The molecule has 0 bridgehead atoms. The van der Waals surface area contributed by atoms with Gasteiger partial charge in [-0.1, -0.05) is 6.07 Å². The number of hydrogen-bond acceptors (Lipinski definition) is 8. The van der Waals surface area contributed by atoms with Gasteiger partial charge in [-0.2, -0.15) is 5.10 Å². The molecule has 1 aromatic heterocycles. The van der Waals surface area contributed by atoms with Crippen LogP contribution in [-0.4, -0.2) is 52.0 Å². The van der Waals surface area contributed by atoms with Crippen molar-refractivity contribution in [3.05, 3.63) is 60.3 Å². The van der Waals surface area contributed by atoms with Gasteiger partial charge in [0, 0.05) is 30.5 Å². The van der Waals surface area contributed by atoms with E-state index in [0.717, 1.165) is 30.0 Å². The highest BCUT2D eigenvalue weighted by atomic mass is 32.2. The highest BCUT2D eigenvalue weighted by Gasteiger charge is 2.20. The van der Waals surface area contributed by atoms with E-state index in [4.69, 9.17) is 9.47 Å². The number of sulfonamides is 1. The summed E-state index contributed by atoms with van der Waals surface area (Å²) in [5.74, 6) is 0.895. The number of benzene rings is 2. The number of morpholine rings is 1. The molecule has 0 spiro atoms. The Bertz CT molecular complexity index is 1180. The average molecular weight is 456 g/mol. The summed E-state index contributed by atoms with van der Waals surface area (Å²) in [6, 6.07) is 13.9. The topological polar surface area (TPSA) is 106 Å². The summed E-state index contributed by atoms with van der Waals surface area (Å²) in [5, 5.41) is 11.4. The molecular weight excluding hydrogens is 430 g/mol. The summed E-state index contributed by atoms with van der Waals surface area (Å²) in [5.41, 5.74) is 3.00. The molecule has 0 aliphatic carbocycles. The average Bonchev–Trinajstić information content (AvgIpc) is 2.81. The number of methoxy groups -OCH3 is 1. The summed E-state index contributed by atoms with van der Waals surface area (Å²) < 4.78 is 38.9. The Morgan fingerprint density at radius 2 is 1.75 bits per heavy atom. The minimum absolute atomic E-state index is 0.0948. The lowest BCUT2D eigenvalue weighted by molar-refractivity contribution is 0.122. The molecule has 1 fully saturated rings. The van der Waals surface area contributed by atoms with Crippen molar-refractivity contribution in [1.82, 2.24) is 10.2 Å². The van der Waals surface area contributed by atoms with Crippen LogP contribution in [-0.2, 0) is 14.8 Å². The smallest absolute Gasteiger partial charge is 0.265 e. The van der Waals surface area contributed by atoms with Crippen LogP contribution in [0.3, 0.4) is 0 Å². The van der Waals surface area contributed by atoms with Gasteiger partial charge in [0.25, 0.3) is 10.0 Å². The fraction of sp³-hybridized carbons (Fsp3) is 0.273. The molecular formula is C22H25N5O4S. The molecule has 0 unspecified atom stereocenters. The molecule has 0 saturated carbocycles. The van der Waals surface area contributed by atoms with Crippen LogP contribution in [0.1, 0.15) is 5.56 Å². The van der Waals surface area contributed by atoms with E-state index in [0.29, 0.717) is 30.5 Å². The summed E-state index contributed by atoms with van der Waals surface area (Å²) in [7, 11) is -2.36. The second-order valence-electron chi connectivity index (χ2n) is 7.36. The predicted molar refractivity (Wildman–Crippen MR) is 123 cm³/mol. The fourth-order valence-corrected chi connectivity index (χ4v) is 4.70. The highest BCUT2D eigenvalue weighted by Crippen LogP contribution is 2.28. The number of aryl methyl sites for hydroxylation is 1. The Kier molecular flexibility index (Phi) is 6.42. The summed E-state index contributed by atoms with van der Waals surface area (Å²) in [6.07, 6.45) is 1.73. The minimum Gasteiger partial charge on any atom is -0.495 e. The third-order valence-corrected chi connectivity index (χ3v) is 6.44. The van der Waals surface area contributed by atoms with Crippen molar-refractivity contribution in [3.63, 3.8) is 0 Å². The number of anilines is 4. The van der Waals surface area contributed by atoms with Crippen molar-refractivity contribution < 1.29 is 17.9 Å². The molecule has 10 heteroatoms. The van der Waals surface area contributed by atoms with Crippen molar-refractivity contribution in [1.29, 1.82) is 0 Å². The molecule has 4 rings (SSSR count). The lowest BCUT2D eigenvalue weighted by Gasteiger charge is -2.28. The van der Waals surface area contributed by atoms with Crippen LogP contribution in [0.15, 0.2) is 59.6 Å². The van der Waals surface area contributed by atoms with E-state index < -0.39 is 10.0 Å². The molecule has 1 aliphatic rings. The second kappa shape index (κ2) is 9.41. The lowest BCUT2D eigenvalue weighted by atomic mass is 10.2. The van der Waals surface area contributed by atoms with Crippen molar-refractivity contribution in [3.8, 4) is 5.75 Å². The van der Waals surface area contributed by atoms with Crippen LogP contribution in [0.25, 0.3) is 0 Å². The highest BCUT2D eigenvalue weighted by molar-refractivity contribution is 7.92. The number of hydrogen-bond donors (Lipinski definition) is 2. The van der Waals surface area contributed by atoms with Gasteiger partial charge in [-0.15, -0.1) is 5.10 Å². The summed E-state index contributed by atoms with van der Waals surface area (Å²) in [6.45, 7) is 4.83. The van der Waals surface area contributed by atoms with Gasteiger partial charge in [-0.05, 0) is 48.9 Å². The summed E-state index contributed by atoms with van der Waals surface area (Å²) >= 11 is 0. The third kappa shape index (κ3) is 5.09. The first-order valence-electron chi connectivity index (χ1n) is 10.1. The SMILES string of the molecule is COc1ccc(C)cc1S(=O)(=O)Nc1ccc(Nc2cc(N3CCOCC3)cnn2)cc1. The molecule has 2 heterocycles. The Morgan fingerprint density at radius 1 is 1.03 bits per heavy atom. The van der Waals surface area contributed by atoms with Gasteiger partial charge in [0.2, 0.25) is 0 Å². The van der Waals surface area contributed by atoms with E-state index in [9.17, 15) is 8.42 Å². The standard InChI is InChI=1S/C22H25N5O4S/c1-16-3-8-20(30-2)21(13-16)32(28,29)26-18-6-4-17(5-7-18)24-22-14-19(15-23-25-22)27-9-11-31-12-10-27/h3-8,13-15,26H,9-12H2,1-2H3,(H,24,25). The van der Waals surface area contributed by atoms with Crippen LogP contribution >= 0.6 is 0 Å². The molecule has 168 valence electrons. The predicted octanol–water partition coefficient (Wildman–Crippen LogP) is 3.17. The Morgan fingerprint density at radius 3 is 2.47 bits per heavy atom. The number of nitrogens with one attached hydrogen (secondary N) is 2. The zero-order valence-electron chi connectivity index (χ0n) is 17.9. The van der Waals surface area contributed by atoms with Crippen molar-refractivity contribution in [2.75, 3.05) is 48.4 Å². The van der Waals surface area contributed by atoms with Crippen molar-refractivity contribution in [2.24, 2.45) is 0 Å². The monoisotopic (exact) mass is 455 g/mol. The largest absolute Gasteiger partial charge is 0.495 e. The van der Waals surface area contributed by atoms with E-state index in [1.54, 1.807) is 48.7 Å². The molecule has 9 nitrogen and oxygen atoms in total. The van der Waals surface area contributed by atoms with Crippen LogP contribution in [0, 0.1) is 6.92 Å². The zero-order valence-corrected chi connectivity index (χ0v) is 18.7. The van der Waals surface area contributed by atoms with Crippen molar-refractivity contribution in [2.45, 2.75) is 11.8 Å². The molecule has 1 saturated heterocycles. The second-order valence-corrected chi connectivity index (χ2v) is 9.01. The zero-order chi connectivity index (χ0) is 22.6. The van der Waals surface area contributed by atoms with E-state index in [2.05, 4.69) is 25.1 Å². The Balaban J connectivity index is 1.46. The number of aromatic nitrogens is 2. The first-order chi connectivity index (χ1) is 15.4. The van der Waals surface area contributed by atoms with Crippen LogP contribution in [0.5, 0.6) is 5.75 Å². The van der Waals surface area contributed by atoms with E-state index >= 15 is 0 Å². The Labute approximate surface area is 187 Å². The van der Waals surface area contributed by atoms with Gasteiger partial charge < -0.3 is 19.7 Å². The van der Waals surface area contributed by atoms with E-state index in [1.165, 1.54) is 7.11 Å². The molecule has 2 N–H and O–H groups in total. The maximum Gasteiger partial charge on any atom is 0.265 e. The maximum atomic E-state index is 12.9. The summed E-state index contributed by atoms with van der Waals surface area (Å²) in [4.78, 5) is 2.29. The first kappa shape index (κ1) is 21.8. The molecule has 0 amide bonds. The van der Waals surface area contributed by atoms with Crippen LogP contribution in [0.4, 0.5) is 22.9 Å². The van der Waals surface area contributed by atoms with Crippen LogP contribution < -0.4 is 19.7 Å². The molecule has 1 aliphatic heterocycles. The number of ether oxygens (including phenoxy) is 2. The molecule has 3 aromatic rings. The molecule has 0 radical (unpaired) electrons. The van der Waals surface area contributed by atoms with Crippen LogP contribution in [0.2, 0.25) is 0 Å². The van der Waals surface area contributed by atoms with E-state index in [1.807, 2.05) is 13.0 Å². The number of nitrogens with zero attached hydrogens (tertiary/aromatic N) is 3. The van der Waals surface area contributed by atoms with Gasteiger partial charge in [-0.25, -0.2) is 8.42 Å². The third-order valence-electron chi connectivity index (χ3n) is 5.03. The fourth-order valence-electron chi connectivity index (χ4n) is 3.39. The first-order valence-corrected chi connectivity index (χ1v) is 11.6. The minimum atomic E-state index is -3.80. The van der Waals surface area contributed by atoms with E-state index in [-0.39, 0.29) is 4.90 Å². The number of rotatable bonds is 7. The van der Waals surface area contributed by atoms with Gasteiger partial charge in [0.05, 0.1) is 32.2 Å². The quantitative estimate of drug-likeness (QED) is 0.560. The molecule has 0 atom stereocenters. The van der Waals surface area contributed by atoms with Gasteiger partial charge in [-0.3, -0.25) is 4.72 Å². The van der Waals surface area contributed by atoms with Gasteiger partial charge >= 0.3 is 0 Å². The maximum absolute atomic E-state index is 12.9. The van der Waals surface area contributed by atoms with Gasteiger partial charge in [0.1, 0.15) is 10.6 Å². The normalized spacial score (nSPS) is 14.1. The van der Waals surface area contributed by atoms with Crippen molar-refractivity contribution >= 4 is 32.9 Å².